The van der Waals surface area contributed by atoms with Gasteiger partial charge in [-0.3, -0.25) is 4.79 Å². The summed E-state index contributed by atoms with van der Waals surface area (Å²) >= 11 is 0. The highest BCUT2D eigenvalue weighted by Crippen LogP contribution is 2.46. The zero-order valence-corrected chi connectivity index (χ0v) is 19.5. The molecule has 4 rings (SSSR count). The number of nitrogens with zero attached hydrogens (tertiary/aromatic N) is 1. The second-order valence-corrected chi connectivity index (χ2v) is 9.89. The zero-order valence-electron chi connectivity index (χ0n) is 19.5. The van der Waals surface area contributed by atoms with E-state index in [-0.39, 0.29) is 35.1 Å². The molecule has 0 aliphatic carbocycles. The number of carbonyl (C=O) groups excluding carboxylic acids is 1. The number of piperidine rings is 1. The minimum Gasteiger partial charge on any atom is -0.487 e. The van der Waals surface area contributed by atoms with Crippen molar-refractivity contribution < 1.29 is 28.2 Å². The Morgan fingerprint density at radius 3 is 2.48 bits per heavy atom. The first-order chi connectivity index (χ1) is 15.5. The van der Waals surface area contributed by atoms with Gasteiger partial charge in [-0.2, -0.15) is 0 Å². The van der Waals surface area contributed by atoms with E-state index in [0.717, 1.165) is 5.56 Å². The molecular weight excluding hydrogens is 428 g/mol. The first-order valence-electron chi connectivity index (χ1n) is 11.4. The lowest BCUT2D eigenvalue weighted by Crippen LogP contribution is -2.52. The van der Waals surface area contributed by atoms with Gasteiger partial charge >= 0.3 is 0 Å². The smallest absolute Gasteiger partial charge is 0.253 e. The highest BCUT2D eigenvalue weighted by molar-refractivity contribution is 5.94. The Morgan fingerprint density at radius 1 is 1.18 bits per heavy atom. The predicted octanol–water partition coefficient (Wildman–Crippen LogP) is 5.12. The fraction of sp³-hybridized carbons (Fsp3) is 0.500. The summed E-state index contributed by atoms with van der Waals surface area (Å²) in [4.78, 5) is 14.7. The Kier molecular flexibility index (Phi) is 6.22. The molecule has 1 saturated heterocycles. The molecule has 178 valence electrons. The van der Waals surface area contributed by atoms with E-state index in [2.05, 4.69) is 0 Å². The van der Waals surface area contributed by atoms with E-state index < -0.39 is 17.0 Å². The topological polar surface area (TPSA) is 59.0 Å². The molecule has 1 atom stereocenters. The van der Waals surface area contributed by atoms with E-state index in [1.165, 1.54) is 38.1 Å². The summed E-state index contributed by atoms with van der Waals surface area (Å²) in [5.74, 6) is -0.555. The number of likely N-dealkylation sites (tertiary alicyclic amines) is 1. The number of ether oxygens (including phenoxy) is 2. The fourth-order valence-corrected chi connectivity index (χ4v) is 4.79. The molecule has 0 bridgehead atoms. The third-order valence-corrected chi connectivity index (χ3v) is 6.48. The third-order valence-electron chi connectivity index (χ3n) is 6.48. The van der Waals surface area contributed by atoms with Gasteiger partial charge in [0.05, 0.1) is 17.8 Å². The van der Waals surface area contributed by atoms with Gasteiger partial charge < -0.3 is 19.5 Å². The van der Waals surface area contributed by atoms with Gasteiger partial charge in [0.2, 0.25) is 0 Å². The van der Waals surface area contributed by atoms with E-state index in [0.29, 0.717) is 38.1 Å². The molecule has 1 amide bonds. The Hall–Kier alpha value is -2.51. The molecule has 0 saturated carbocycles. The van der Waals surface area contributed by atoms with E-state index in [9.17, 15) is 18.7 Å². The SMILES string of the molecule is CC(C)O[C@@H]1CC2(CCN(C(=O)c3ccc(C(C)(C)O)c(F)c3)CC2)Oc2ccc(F)cc21. The number of benzene rings is 2. The van der Waals surface area contributed by atoms with Crippen molar-refractivity contribution in [1.82, 2.24) is 4.90 Å². The summed E-state index contributed by atoms with van der Waals surface area (Å²) in [6, 6.07) is 8.70. The van der Waals surface area contributed by atoms with Crippen molar-refractivity contribution in [2.75, 3.05) is 13.1 Å². The van der Waals surface area contributed by atoms with Crippen molar-refractivity contribution >= 4 is 5.91 Å². The maximum Gasteiger partial charge on any atom is 0.253 e. The first kappa shape index (κ1) is 23.6. The standard InChI is InChI=1S/C26H31F2NO4/c1-16(2)32-23-15-26(33-22-8-6-18(27)14-19(22)23)9-11-29(12-10-26)24(30)17-5-7-20(21(28)13-17)25(3,4)31/h5-8,13-14,16,23,31H,9-12,15H2,1-4H3/t23-/m1/s1. The van der Waals surface area contributed by atoms with Crippen LogP contribution in [0, 0.1) is 11.6 Å². The molecule has 0 aromatic heterocycles. The van der Waals surface area contributed by atoms with Gasteiger partial charge in [0.1, 0.15) is 23.0 Å². The molecule has 2 aromatic rings. The van der Waals surface area contributed by atoms with Crippen LogP contribution in [0.4, 0.5) is 8.78 Å². The largest absolute Gasteiger partial charge is 0.487 e. The molecule has 5 nitrogen and oxygen atoms in total. The number of hydrogen-bond acceptors (Lipinski definition) is 4. The summed E-state index contributed by atoms with van der Waals surface area (Å²) in [5, 5.41) is 10.1. The molecule has 0 unspecified atom stereocenters. The third kappa shape index (κ3) is 4.89. The fourth-order valence-electron chi connectivity index (χ4n) is 4.79. The van der Waals surface area contributed by atoms with Crippen LogP contribution < -0.4 is 4.74 Å². The van der Waals surface area contributed by atoms with Crippen molar-refractivity contribution in [3.63, 3.8) is 0 Å². The van der Waals surface area contributed by atoms with Crippen molar-refractivity contribution in [2.45, 2.75) is 70.4 Å². The van der Waals surface area contributed by atoms with Crippen LogP contribution in [-0.4, -0.2) is 40.7 Å². The Labute approximate surface area is 193 Å². The normalized spacial score (nSPS) is 20.0. The summed E-state index contributed by atoms with van der Waals surface area (Å²) < 4.78 is 40.8. The zero-order chi connectivity index (χ0) is 24.0. The van der Waals surface area contributed by atoms with E-state index in [1.54, 1.807) is 17.0 Å². The van der Waals surface area contributed by atoms with Crippen LogP contribution >= 0.6 is 0 Å². The lowest BCUT2D eigenvalue weighted by atomic mass is 9.81. The van der Waals surface area contributed by atoms with Crippen LogP contribution in [0.3, 0.4) is 0 Å². The van der Waals surface area contributed by atoms with E-state index >= 15 is 0 Å². The second-order valence-electron chi connectivity index (χ2n) is 9.89. The molecule has 2 aromatic carbocycles. The van der Waals surface area contributed by atoms with Gasteiger partial charge in [0, 0.05) is 49.0 Å². The van der Waals surface area contributed by atoms with Crippen LogP contribution in [0.5, 0.6) is 5.75 Å². The van der Waals surface area contributed by atoms with E-state index in [4.69, 9.17) is 9.47 Å². The first-order valence-corrected chi connectivity index (χ1v) is 11.4. The van der Waals surface area contributed by atoms with Crippen molar-refractivity contribution in [1.29, 1.82) is 0 Å². The predicted molar refractivity (Wildman–Crippen MR) is 120 cm³/mol. The van der Waals surface area contributed by atoms with Crippen molar-refractivity contribution in [2.24, 2.45) is 0 Å². The van der Waals surface area contributed by atoms with Crippen LogP contribution in [0.2, 0.25) is 0 Å². The van der Waals surface area contributed by atoms with Crippen molar-refractivity contribution in [3.8, 4) is 5.75 Å². The summed E-state index contributed by atoms with van der Waals surface area (Å²) in [7, 11) is 0. The maximum absolute atomic E-state index is 14.5. The van der Waals surface area contributed by atoms with Gasteiger partial charge in [0.15, 0.2) is 0 Å². The maximum atomic E-state index is 14.5. The molecule has 1 spiro atoms. The Morgan fingerprint density at radius 2 is 1.88 bits per heavy atom. The number of carbonyl (C=O) groups is 1. The number of halogens is 2. The second kappa shape index (κ2) is 8.69. The molecule has 7 heteroatoms. The highest BCUT2D eigenvalue weighted by Gasteiger charge is 2.45. The quantitative estimate of drug-likeness (QED) is 0.690. The van der Waals surface area contributed by atoms with Gasteiger partial charge in [-0.25, -0.2) is 8.78 Å². The molecule has 0 radical (unpaired) electrons. The van der Waals surface area contributed by atoms with Crippen molar-refractivity contribution in [3.05, 3.63) is 64.7 Å². The van der Waals surface area contributed by atoms with Crippen LogP contribution in [0.25, 0.3) is 0 Å². The molecule has 2 heterocycles. The minimum absolute atomic E-state index is 0.0234. The van der Waals surface area contributed by atoms with Gasteiger partial charge in [-0.05, 0) is 58.0 Å². The van der Waals surface area contributed by atoms with Crippen LogP contribution in [-0.2, 0) is 10.3 Å². The Bertz CT molecular complexity index is 1040. The molecule has 33 heavy (non-hydrogen) atoms. The average molecular weight is 460 g/mol. The van der Waals surface area contributed by atoms with E-state index in [1.807, 2.05) is 13.8 Å². The number of fused-ring (bicyclic) bond motifs is 1. The summed E-state index contributed by atoms with van der Waals surface area (Å²) in [6.45, 7) is 7.82. The molecule has 2 aliphatic heterocycles. The number of amides is 1. The molecular formula is C26H31F2NO4. The number of rotatable bonds is 4. The average Bonchev–Trinajstić information content (AvgIpc) is 2.73. The van der Waals surface area contributed by atoms with Gasteiger partial charge in [-0.15, -0.1) is 0 Å². The lowest BCUT2D eigenvalue weighted by Gasteiger charge is -2.47. The molecule has 1 N–H and O–H groups in total. The van der Waals surface area contributed by atoms with Crippen LogP contribution in [0.1, 0.15) is 74.5 Å². The minimum atomic E-state index is -1.32. The monoisotopic (exact) mass is 459 g/mol. The van der Waals surface area contributed by atoms with Gasteiger partial charge in [0.25, 0.3) is 5.91 Å². The summed E-state index contributed by atoms with van der Waals surface area (Å²) in [6.07, 6.45) is 1.47. The molecule has 2 aliphatic rings. The molecule has 1 fully saturated rings. The Balaban J connectivity index is 1.49. The number of hydrogen-bond donors (Lipinski definition) is 1. The van der Waals surface area contributed by atoms with Gasteiger partial charge in [-0.1, -0.05) is 6.07 Å². The van der Waals surface area contributed by atoms with Crippen LogP contribution in [0.15, 0.2) is 36.4 Å². The highest BCUT2D eigenvalue weighted by atomic mass is 19.1. The lowest BCUT2D eigenvalue weighted by molar-refractivity contribution is -0.0873. The summed E-state index contributed by atoms with van der Waals surface area (Å²) in [5.41, 5.74) is -0.705. The number of aliphatic hydroxyl groups is 1.